The van der Waals surface area contributed by atoms with E-state index in [-0.39, 0.29) is 18.0 Å². The molecule has 8 heteroatoms. The molecule has 0 aromatic heterocycles. The maximum absolute atomic E-state index is 13.1. The third kappa shape index (κ3) is 6.64. The van der Waals surface area contributed by atoms with Crippen LogP contribution in [-0.2, 0) is 11.4 Å². The second-order valence-electron chi connectivity index (χ2n) is 8.06. The van der Waals surface area contributed by atoms with Crippen molar-refractivity contribution in [2.75, 3.05) is 6.61 Å². The van der Waals surface area contributed by atoms with Gasteiger partial charge in [-0.3, -0.25) is 14.7 Å². The Kier molecular flexibility index (Phi) is 9.07. The number of ether oxygens (including phenoxy) is 2. The van der Waals surface area contributed by atoms with E-state index in [2.05, 4.69) is 36.9 Å². The third-order valence-electron chi connectivity index (χ3n) is 4.65. The molecule has 0 atom stereocenters. The first-order valence-corrected chi connectivity index (χ1v) is 13.2. The van der Waals surface area contributed by atoms with E-state index in [1.54, 1.807) is 4.90 Å². The molecular formula is C25H28Br2N2O3S. The van der Waals surface area contributed by atoms with Crippen LogP contribution in [-0.4, -0.2) is 34.7 Å². The largest absolute Gasteiger partial charge is 0.490 e. The van der Waals surface area contributed by atoms with Gasteiger partial charge in [0.2, 0.25) is 0 Å². The van der Waals surface area contributed by atoms with Gasteiger partial charge in [0.1, 0.15) is 6.61 Å². The summed E-state index contributed by atoms with van der Waals surface area (Å²) < 4.78 is 13.8. The Morgan fingerprint density at radius 3 is 2.39 bits per heavy atom. The zero-order valence-electron chi connectivity index (χ0n) is 19.4. The van der Waals surface area contributed by atoms with Crippen LogP contribution in [0.15, 0.2) is 55.2 Å². The van der Waals surface area contributed by atoms with Crippen molar-refractivity contribution in [3.05, 3.63) is 61.4 Å². The Labute approximate surface area is 216 Å². The van der Waals surface area contributed by atoms with Crippen LogP contribution in [0.25, 0.3) is 6.08 Å². The maximum atomic E-state index is 13.1. The number of amides is 1. The van der Waals surface area contributed by atoms with Crippen LogP contribution in [0.2, 0.25) is 0 Å². The lowest BCUT2D eigenvalue weighted by atomic mass is 10.1. The van der Waals surface area contributed by atoms with E-state index in [4.69, 9.17) is 9.47 Å². The van der Waals surface area contributed by atoms with E-state index in [1.807, 2.05) is 77.1 Å². The molecule has 1 fully saturated rings. The van der Waals surface area contributed by atoms with E-state index in [1.165, 1.54) is 11.8 Å². The fourth-order valence-corrected chi connectivity index (χ4v) is 5.29. The number of carbonyl (C=O) groups excluding carboxylic acids is 1. The molecule has 2 aromatic rings. The van der Waals surface area contributed by atoms with Crippen molar-refractivity contribution < 1.29 is 14.3 Å². The fraction of sp³-hybridized carbons (Fsp3) is 0.360. The lowest BCUT2D eigenvalue weighted by molar-refractivity contribution is -0.123. The van der Waals surface area contributed by atoms with Crippen molar-refractivity contribution in [1.29, 1.82) is 0 Å². The zero-order valence-corrected chi connectivity index (χ0v) is 23.4. The summed E-state index contributed by atoms with van der Waals surface area (Å²) in [7, 11) is 0. The number of hydrogen-bond acceptors (Lipinski definition) is 5. The minimum absolute atomic E-state index is 0.0287. The second kappa shape index (κ2) is 11.6. The van der Waals surface area contributed by atoms with Crippen molar-refractivity contribution in [3.63, 3.8) is 0 Å². The molecule has 0 spiro atoms. The highest BCUT2D eigenvalue weighted by molar-refractivity contribution is 9.10. The summed E-state index contributed by atoms with van der Waals surface area (Å²) in [6, 6.07) is 12.0. The Hall–Kier alpha value is -1.77. The zero-order chi connectivity index (χ0) is 24.1. The average molecular weight is 596 g/mol. The van der Waals surface area contributed by atoms with Gasteiger partial charge >= 0.3 is 0 Å². The van der Waals surface area contributed by atoms with Crippen LogP contribution in [0.5, 0.6) is 11.5 Å². The number of rotatable bonds is 8. The molecule has 0 unspecified atom stereocenters. The van der Waals surface area contributed by atoms with Crippen molar-refractivity contribution in [1.82, 2.24) is 4.90 Å². The quantitative estimate of drug-likeness (QED) is 0.301. The Morgan fingerprint density at radius 1 is 1.09 bits per heavy atom. The molecule has 0 N–H and O–H groups in total. The molecule has 1 heterocycles. The van der Waals surface area contributed by atoms with Gasteiger partial charge in [0.05, 0.1) is 16.0 Å². The number of aliphatic imine (C=N–C) groups is 1. The van der Waals surface area contributed by atoms with Crippen LogP contribution in [0, 0.1) is 0 Å². The van der Waals surface area contributed by atoms with Crippen molar-refractivity contribution >= 4 is 60.8 Å². The van der Waals surface area contributed by atoms with Gasteiger partial charge in [0, 0.05) is 16.6 Å². The number of halogens is 2. The van der Waals surface area contributed by atoms with E-state index >= 15 is 0 Å². The standard InChI is InChI=1S/C25H28Br2N2O3S/c1-6-31-21-12-18(11-20(27)23(21)32-14-17-7-9-19(26)10-8-17)13-22-24(30)29(16(4)5)25(33-22)28-15(2)3/h7-13,15-16H,6,14H2,1-5H3/b22-13+,28-25?. The van der Waals surface area contributed by atoms with E-state index in [0.717, 1.165) is 25.2 Å². The second-order valence-corrected chi connectivity index (χ2v) is 10.8. The number of hydrogen-bond donors (Lipinski definition) is 0. The first kappa shape index (κ1) is 25.8. The lowest BCUT2D eigenvalue weighted by Gasteiger charge is -2.20. The van der Waals surface area contributed by atoms with Gasteiger partial charge < -0.3 is 9.47 Å². The molecule has 176 valence electrons. The predicted octanol–water partition coefficient (Wildman–Crippen LogP) is 7.28. The molecule has 0 bridgehead atoms. The van der Waals surface area contributed by atoms with Gasteiger partial charge in [-0.05, 0) is 104 Å². The predicted molar refractivity (Wildman–Crippen MR) is 144 cm³/mol. The van der Waals surface area contributed by atoms with Crippen LogP contribution in [0.4, 0.5) is 0 Å². The molecule has 0 aliphatic carbocycles. The number of amidine groups is 1. The van der Waals surface area contributed by atoms with Gasteiger partial charge in [0.15, 0.2) is 16.7 Å². The number of nitrogens with zero attached hydrogens (tertiary/aromatic N) is 2. The monoisotopic (exact) mass is 594 g/mol. The summed E-state index contributed by atoms with van der Waals surface area (Å²) in [6.07, 6.45) is 1.89. The normalized spacial score (nSPS) is 16.5. The summed E-state index contributed by atoms with van der Waals surface area (Å²) in [6.45, 7) is 10.9. The molecule has 1 amide bonds. The summed E-state index contributed by atoms with van der Waals surface area (Å²) in [5.41, 5.74) is 1.91. The molecule has 1 aliphatic heterocycles. The van der Waals surface area contributed by atoms with Gasteiger partial charge in [-0.25, -0.2) is 0 Å². The van der Waals surface area contributed by atoms with E-state index in [9.17, 15) is 4.79 Å². The van der Waals surface area contributed by atoms with Gasteiger partial charge in [-0.1, -0.05) is 28.1 Å². The highest BCUT2D eigenvalue weighted by Gasteiger charge is 2.35. The van der Waals surface area contributed by atoms with Gasteiger partial charge in [-0.15, -0.1) is 0 Å². The fourth-order valence-electron chi connectivity index (χ4n) is 3.21. The number of thioether (sulfide) groups is 1. The van der Waals surface area contributed by atoms with E-state index < -0.39 is 0 Å². The molecule has 5 nitrogen and oxygen atoms in total. The maximum Gasteiger partial charge on any atom is 0.266 e. The Balaban J connectivity index is 1.90. The highest BCUT2D eigenvalue weighted by atomic mass is 79.9. The first-order chi connectivity index (χ1) is 15.7. The van der Waals surface area contributed by atoms with Crippen molar-refractivity contribution in [2.45, 2.75) is 53.3 Å². The minimum atomic E-state index is -0.0287. The smallest absolute Gasteiger partial charge is 0.266 e. The summed E-state index contributed by atoms with van der Waals surface area (Å²) in [4.78, 5) is 20.1. The van der Waals surface area contributed by atoms with Crippen LogP contribution < -0.4 is 9.47 Å². The highest BCUT2D eigenvalue weighted by Crippen LogP contribution is 2.40. The van der Waals surface area contributed by atoms with Gasteiger partial charge in [0.25, 0.3) is 5.91 Å². The van der Waals surface area contributed by atoms with Gasteiger partial charge in [-0.2, -0.15) is 0 Å². The lowest BCUT2D eigenvalue weighted by Crippen LogP contribution is -2.35. The van der Waals surface area contributed by atoms with Crippen molar-refractivity contribution in [3.8, 4) is 11.5 Å². The molecular weight excluding hydrogens is 568 g/mol. The molecule has 1 saturated heterocycles. The van der Waals surface area contributed by atoms with Crippen LogP contribution in [0.3, 0.4) is 0 Å². The average Bonchev–Trinajstić information content (AvgIpc) is 3.03. The molecule has 0 saturated carbocycles. The third-order valence-corrected chi connectivity index (χ3v) is 6.76. The first-order valence-electron chi connectivity index (χ1n) is 10.8. The molecule has 33 heavy (non-hydrogen) atoms. The summed E-state index contributed by atoms with van der Waals surface area (Å²) >= 11 is 8.49. The number of benzene rings is 2. The topological polar surface area (TPSA) is 51.1 Å². The van der Waals surface area contributed by atoms with Crippen molar-refractivity contribution in [2.24, 2.45) is 4.99 Å². The van der Waals surface area contributed by atoms with Crippen LogP contribution in [0.1, 0.15) is 45.7 Å². The van der Waals surface area contributed by atoms with E-state index in [0.29, 0.717) is 29.6 Å². The SMILES string of the molecule is CCOc1cc(/C=C2/SC(=NC(C)C)N(C(C)C)C2=O)cc(Br)c1OCc1ccc(Br)cc1. The Bertz CT molecular complexity index is 1070. The summed E-state index contributed by atoms with van der Waals surface area (Å²) in [5, 5.41) is 0.745. The van der Waals surface area contributed by atoms with Crippen LogP contribution >= 0.6 is 43.6 Å². The number of carbonyl (C=O) groups is 1. The summed E-state index contributed by atoms with van der Waals surface area (Å²) in [5.74, 6) is 1.24. The Morgan fingerprint density at radius 2 is 1.79 bits per heavy atom. The molecule has 0 radical (unpaired) electrons. The molecule has 1 aliphatic rings. The minimum Gasteiger partial charge on any atom is -0.490 e. The molecule has 3 rings (SSSR count). The molecule has 2 aromatic carbocycles.